The number of carboxylic acid groups (broad SMARTS) is 1. The van der Waals surface area contributed by atoms with Gasteiger partial charge in [0.25, 0.3) is 0 Å². The number of hydrogen-bond acceptors (Lipinski definition) is 3. The van der Waals surface area contributed by atoms with Gasteiger partial charge in [-0.2, -0.15) is 0 Å². The number of likely N-dealkylation sites (tertiary alicyclic amines) is 1. The summed E-state index contributed by atoms with van der Waals surface area (Å²) in [5.41, 5.74) is -1.01. The first-order valence-corrected chi connectivity index (χ1v) is 7.43. The molecule has 20 heavy (non-hydrogen) atoms. The molecule has 0 radical (unpaired) electrons. The Kier molecular flexibility index (Phi) is 4.52. The van der Waals surface area contributed by atoms with E-state index in [0.717, 1.165) is 12.8 Å². The predicted octanol–water partition coefficient (Wildman–Crippen LogP) is 1.55. The molecule has 0 bridgehead atoms. The van der Waals surface area contributed by atoms with Crippen molar-refractivity contribution in [3.05, 3.63) is 0 Å². The van der Waals surface area contributed by atoms with Crippen molar-refractivity contribution in [1.82, 2.24) is 9.80 Å². The molecule has 114 valence electrons. The molecule has 0 aromatic carbocycles. The summed E-state index contributed by atoms with van der Waals surface area (Å²) in [5, 5.41) is 9.63. The standard InChI is InChI=1S/C14H24N2O4/c1-3-5-14(12(17)18)6-4-7-16(14)13(19)15-8-9-20-11(2)10-15/h11H,3-10H2,1-2H3,(H,17,18). The van der Waals surface area contributed by atoms with Crippen LogP contribution in [0.3, 0.4) is 0 Å². The lowest BCUT2D eigenvalue weighted by Gasteiger charge is -2.40. The lowest BCUT2D eigenvalue weighted by atomic mass is 9.91. The molecule has 0 saturated carbocycles. The number of aliphatic carboxylic acids is 1. The van der Waals surface area contributed by atoms with E-state index in [2.05, 4.69) is 0 Å². The van der Waals surface area contributed by atoms with Gasteiger partial charge in [0.1, 0.15) is 5.54 Å². The zero-order valence-electron chi connectivity index (χ0n) is 12.3. The van der Waals surface area contributed by atoms with Crippen LogP contribution in [-0.4, -0.2) is 64.8 Å². The molecule has 2 rings (SSSR count). The van der Waals surface area contributed by atoms with Crippen LogP contribution in [0, 0.1) is 0 Å². The zero-order chi connectivity index (χ0) is 14.8. The van der Waals surface area contributed by atoms with E-state index in [-0.39, 0.29) is 12.1 Å². The van der Waals surface area contributed by atoms with Crippen LogP contribution >= 0.6 is 0 Å². The molecule has 2 atom stereocenters. The van der Waals surface area contributed by atoms with Crippen molar-refractivity contribution in [2.45, 2.75) is 51.2 Å². The van der Waals surface area contributed by atoms with Gasteiger partial charge in [0, 0.05) is 19.6 Å². The second kappa shape index (κ2) is 5.99. The maximum Gasteiger partial charge on any atom is 0.329 e. The second-order valence-corrected chi connectivity index (χ2v) is 5.75. The van der Waals surface area contributed by atoms with Gasteiger partial charge in [-0.25, -0.2) is 9.59 Å². The van der Waals surface area contributed by atoms with E-state index in [9.17, 15) is 14.7 Å². The number of amides is 2. The molecule has 1 N–H and O–H groups in total. The fourth-order valence-electron chi connectivity index (χ4n) is 3.32. The van der Waals surface area contributed by atoms with E-state index in [1.807, 2.05) is 13.8 Å². The van der Waals surface area contributed by atoms with Gasteiger partial charge in [0.2, 0.25) is 0 Å². The molecule has 2 aliphatic rings. The Morgan fingerprint density at radius 3 is 2.75 bits per heavy atom. The maximum absolute atomic E-state index is 12.7. The Labute approximate surface area is 119 Å². The van der Waals surface area contributed by atoms with Gasteiger partial charge in [-0.15, -0.1) is 0 Å². The van der Waals surface area contributed by atoms with Crippen molar-refractivity contribution in [3.63, 3.8) is 0 Å². The summed E-state index contributed by atoms with van der Waals surface area (Å²) >= 11 is 0. The molecule has 0 spiro atoms. The summed E-state index contributed by atoms with van der Waals surface area (Å²) in [7, 11) is 0. The Bertz CT molecular complexity index is 387. The maximum atomic E-state index is 12.7. The fourth-order valence-corrected chi connectivity index (χ4v) is 3.32. The van der Waals surface area contributed by atoms with Crippen molar-refractivity contribution in [3.8, 4) is 0 Å². The van der Waals surface area contributed by atoms with Gasteiger partial charge in [-0.1, -0.05) is 13.3 Å². The lowest BCUT2D eigenvalue weighted by Crippen LogP contribution is -2.59. The Morgan fingerprint density at radius 1 is 1.40 bits per heavy atom. The number of ether oxygens (including phenoxy) is 1. The Hall–Kier alpha value is -1.30. The number of hydrogen-bond donors (Lipinski definition) is 1. The largest absolute Gasteiger partial charge is 0.479 e. The third kappa shape index (κ3) is 2.61. The van der Waals surface area contributed by atoms with Gasteiger partial charge in [0.15, 0.2) is 0 Å². The molecule has 2 saturated heterocycles. The number of morpholine rings is 1. The van der Waals surface area contributed by atoms with Gasteiger partial charge >= 0.3 is 12.0 Å². The van der Waals surface area contributed by atoms with E-state index in [1.54, 1.807) is 9.80 Å². The molecule has 6 heteroatoms. The molecule has 0 aliphatic carbocycles. The van der Waals surface area contributed by atoms with Crippen LogP contribution in [0.4, 0.5) is 4.79 Å². The number of carbonyl (C=O) groups is 2. The van der Waals surface area contributed by atoms with Crippen LogP contribution in [-0.2, 0) is 9.53 Å². The third-order valence-electron chi connectivity index (χ3n) is 4.29. The number of rotatable bonds is 3. The number of urea groups is 1. The molecule has 2 amide bonds. The highest BCUT2D eigenvalue weighted by atomic mass is 16.5. The normalized spacial score (nSPS) is 30.6. The lowest BCUT2D eigenvalue weighted by molar-refractivity contribution is -0.149. The number of carbonyl (C=O) groups excluding carboxylic acids is 1. The summed E-state index contributed by atoms with van der Waals surface area (Å²) in [6, 6.07) is -0.145. The van der Waals surface area contributed by atoms with Crippen LogP contribution in [0.25, 0.3) is 0 Å². The van der Waals surface area contributed by atoms with E-state index >= 15 is 0 Å². The van der Waals surface area contributed by atoms with Crippen LogP contribution in [0.2, 0.25) is 0 Å². The third-order valence-corrected chi connectivity index (χ3v) is 4.29. The minimum Gasteiger partial charge on any atom is -0.479 e. The molecule has 6 nitrogen and oxygen atoms in total. The molecule has 2 aliphatic heterocycles. The van der Waals surface area contributed by atoms with E-state index in [1.165, 1.54) is 0 Å². The topological polar surface area (TPSA) is 70.1 Å². The van der Waals surface area contributed by atoms with Crippen LogP contribution in [0.15, 0.2) is 0 Å². The van der Waals surface area contributed by atoms with Crippen molar-refractivity contribution in [1.29, 1.82) is 0 Å². The number of carboxylic acids is 1. The summed E-state index contributed by atoms with van der Waals surface area (Å²) in [4.78, 5) is 27.7. The molecule has 2 fully saturated rings. The predicted molar refractivity (Wildman–Crippen MR) is 73.6 cm³/mol. The summed E-state index contributed by atoms with van der Waals surface area (Å²) in [5.74, 6) is -0.869. The highest BCUT2D eigenvalue weighted by molar-refractivity contribution is 5.87. The SMILES string of the molecule is CCCC1(C(=O)O)CCCN1C(=O)N1CCOC(C)C1. The smallest absolute Gasteiger partial charge is 0.329 e. The van der Waals surface area contributed by atoms with Crippen LogP contribution < -0.4 is 0 Å². The van der Waals surface area contributed by atoms with Gasteiger partial charge < -0.3 is 19.6 Å². The Balaban J connectivity index is 2.16. The Morgan fingerprint density at radius 2 is 2.15 bits per heavy atom. The highest BCUT2D eigenvalue weighted by Crippen LogP contribution is 2.35. The average Bonchev–Trinajstić information content (AvgIpc) is 2.83. The van der Waals surface area contributed by atoms with E-state index < -0.39 is 11.5 Å². The van der Waals surface area contributed by atoms with Gasteiger partial charge in [0.05, 0.1) is 12.7 Å². The monoisotopic (exact) mass is 284 g/mol. The van der Waals surface area contributed by atoms with E-state index in [0.29, 0.717) is 39.1 Å². The van der Waals surface area contributed by atoms with Crippen molar-refractivity contribution >= 4 is 12.0 Å². The molecule has 0 aromatic heterocycles. The van der Waals surface area contributed by atoms with Crippen LogP contribution in [0.5, 0.6) is 0 Å². The second-order valence-electron chi connectivity index (χ2n) is 5.75. The van der Waals surface area contributed by atoms with E-state index in [4.69, 9.17) is 4.74 Å². The van der Waals surface area contributed by atoms with Crippen molar-refractivity contribution < 1.29 is 19.4 Å². The summed E-state index contributed by atoms with van der Waals surface area (Å²) < 4.78 is 5.44. The summed E-state index contributed by atoms with van der Waals surface area (Å²) in [6.07, 6.45) is 2.62. The first-order chi connectivity index (χ1) is 9.51. The van der Waals surface area contributed by atoms with Crippen LogP contribution in [0.1, 0.15) is 39.5 Å². The number of nitrogens with zero attached hydrogens (tertiary/aromatic N) is 2. The minimum absolute atomic E-state index is 0.0145. The zero-order valence-corrected chi connectivity index (χ0v) is 12.3. The van der Waals surface area contributed by atoms with Gasteiger partial charge in [-0.05, 0) is 26.2 Å². The highest BCUT2D eigenvalue weighted by Gasteiger charge is 2.50. The minimum atomic E-state index is -1.01. The molecule has 0 aromatic rings. The molecular formula is C14H24N2O4. The molecule has 2 heterocycles. The van der Waals surface area contributed by atoms with Crippen molar-refractivity contribution in [2.75, 3.05) is 26.2 Å². The fraction of sp³-hybridized carbons (Fsp3) is 0.857. The quantitative estimate of drug-likeness (QED) is 0.853. The summed E-state index contributed by atoms with van der Waals surface area (Å²) in [6.45, 7) is 6.03. The first kappa shape index (κ1) is 15.1. The first-order valence-electron chi connectivity index (χ1n) is 7.43. The van der Waals surface area contributed by atoms with Gasteiger partial charge in [-0.3, -0.25) is 0 Å². The molecular weight excluding hydrogens is 260 g/mol. The molecule has 2 unspecified atom stereocenters. The van der Waals surface area contributed by atoms with Crippen molar-refractivity contribution in [2.24, 2.45) is 0 Å². The average molecular weight is 284 g/mol.